The van der Waals surface area contributed by atoms with Gasteiger partial charge in [0.05, 0.1) is 29.3 Å². The van der Waals surface area contributed by atoms with Crippen LogP contribution in [-0.4, -0.2) is 29.3 Å². The zero-order chi connectivity index (χ0) is 23.5. The fourth-order valence-corrected chi connectivity index (χ4v) is 5.30. The SMILES string of the molecule is CCc1nn(Cc2ccc(S(=O)(=O)Cc3ccc(C)c(Cl)c3)cc2)c(CC)c1CC(=O)O. The predicted octanol–water partition coefficient (Wildman–Crippen LogP) is 4.62. The molecule has 3 rings (SSSR count). The lowest BCUT2D eigenvalue weighted by atomic mass is 10.1. The van der Waals surface area contributed by atoms with Crippen LogP contribution in [-0.2, 0) is 46.2 Å². The van der Waals surface area contributed by atoms with E-state index in [1.54, 1.807) is 36.4 Å². The number of carboxylic acids is 1. The van der Waals surface area contributed by atoms with Crippen LogP contribution in [0.25, 0.3) is 0 Å². The lowest BCUT2D eigenvalue weighted by molar-refractivity contribution is -0.136. The minimum atomic E-state index is -3.51. The summed E-state index contributed by atoms with van der Waals surface area (Å²) in [6.07, 6.45) is 1.27. The largest absolute Gasteiger partial charge is 0.481 e. The van der Waals surface area contributed by atoms with Gasteiger partial charge in [-0.3, -0.25) is 9.48 Å². The first-order chi connectivity index (χ1) is 15.1. The van der Waals surface area contributed by atoms with E-state index in [0.29, 0.717) is 30.0 Å². The van der Waals surface area contributed by atoms with Crippen LogP contribution in [0.15, 0.2) is 47.4 Å². The summed E-state index contributed by atoms with van der Waals surface area (Å²) in [5.41, 5.74) is 4.91. The van der Waals surface area contributed by atoms with Crippen molar-refractivity contribution in [3.63, 3.8) is 0 Å². The summed E-state index contributed by atoms with van der Waals surface area (Å²) in [7, 11) is -3.51. The average Bonchev–Trinajstić information content (AvgIpc) is 3.06. The number of aliphatic carboxylic acids is 1. The van der Waals surface area contributed by atoms with Crippen LogP contribution >= 0.6 is 11.6 Å². The van der Waals surface area contributed by atoms with Crippen molar-refractivity contribution in [2.24, 2.45) is 0 Å². The standard InChI is InChI=1S/C24H27ClN2O4S/c1-4-22-20(13-24(28)29)23(5-2)27(26-22)14-17-8-10-19(11-9-17)32(30,31)15-18-7-6-16(3)21(25)12-18/h6-12H,4-5,13-15H2,1-3H3,(H,28,29). The third kappa shape index (κ3) is 5.40. The summed E-state index contributed by atoms with van der Waals surface area (Å²) in [6.45, 7) is 6.25. The van der Waals surface area contributed by atoms with Gasteiger partial charge in [0.15, 0.2) is 9.84 Å². The Morgan fingerprint density at radius 1 is 1.06 bits per heavy atom. The summed E-state index contributed by atoms with van der Waals surface area (Å²) in [4.78, 5) is 11.5. The van der Waals surface area contributed by atoms with Crippen LogP contribution < -0.4 is 0 Å². The van der Waals surface area contributed by atoms with E-state index in [1.165, 1.54) is 0 Å². The van der Waals surface area contributed by atoms with E-state index in [0.717, 1.165) is 28.1 Å². The molecule has 0 bridgehead atoms. The number of sulfone groups is 1. The molecule has 0 unspecified atom stereocenters. The third-order valence-corrected chi connectivity index (χ3v) is 7.57. The monoisotopic (exact) mass is 474 g/mol. The van der Waals surface area contributed by atoms with E-state index >= 15 is 0 Å². The number of aromatic nitrogens is 2. The predicted molar refractivity (Wildman–Crippen MR) is 125 cm³/mol. The summed E-state index contributed by atoms with van der Waals surface area (Å²) < 4.78 is 27.5. The topological polar surface area (TPSA) is 89.3 Å². The van der Waals surface area contributed by atoms with Crippen molar-refractivity contribution in [3.8, 4) is 0 Å². The Labute approximate surface area is 193 Å². The highest BCUT2D eigenvalue weighted by atomic mass is 35.5. The molecule has 0 aliphatic carbocycles. The number of halogens is 1. The van der Waals surface area contributed by atoms with Gasteiger partial charge in [-0.1, -0.05) is 49.7 Å². The van der Waals surface area contributed by atoms with Crippen LogP contribution in [0.1, 0.15) is 47.5 Å². The first-order valence-corrected chi connectivity index (χ1v) is 12.5. The Morgan fingerprint density at radius 2 is 1.72 bits per heavy atom. The van der Waals surface area contributed by atoms with Gasteiger partial charge >= 0.3 is 5.97 Å². The maximum Gasteiger partial charge on any atom is 0.307 e. The number of carboxylic acid groups (broad SMARTS) is 1. The second-order valence-electron chi connectivity index (χ2n) is 7.79. The van der Waals surface area contributed by atoms with E-state index in [1.807, 2.05) is 31.5 Å². The van der Waals surface area contributed by atoms with Crippen LogP contribution in [0, 0.1) is 6.92 Å². The summed E-state index contributed by atoms with van der Waals surface area (Å²) in [5.74, 6) is -0.998. The molecule has 0 saturated heterocycles. The molecule has 2 aromatic carbocycles. The molecule has 0 aliphatic heterocycles. The number of aryl methyl sites for hydroxylation is 2. The van der Waals surface area contributed by atoms with Crippen LogP contribution in [0.5, 0.6) is 0 Å². The molecule has 0 radical (unpaired) electrons. The highest BCUT2D eigenvalue weighted by Gasteiger charge is 2.19. The molecule has 8 heteroatoms. The summed E-state index contributed by atoms with van der Waals surface area (Å²) >= 11 is 6.13. The minimum absolute atomic E-state index is 0.0491. The molecule has 1 N–H and O–H groups in total. The third-order valence-electron chi connectivity index (χ3n) is 5.46. The van der Waals surface area contributed by atoms with Gasteiger partial charge in [0, 0.05) is 16.3 Å². The highest BCUT2D eigenvalue weighted by Crippen LogP contribution is 2.23. The van der Waals surface area contributed by atoms with Crippen molar-refractivity contribution in [2.45, 2.75) is 57.2 Å². The second-order valence-corrected chi connectivity index (χ2v) is 10.2. The minimum Gasteiger partial charge on any atom is -0.481 e. The number of carbonyl (C=O) groups is 1. The van der Waals surface area contributed by atoms with Crippen molar-refractivity contribution < 1.29 is 18.3 Å². The molecule has 32 heavy (non-hydrogen) atoms. The van der Waals surface area contributed by atoms with E-state index < -0.39 is 15.8 Å². The van der Waals surface area contributed by atoms with E-state index in [2.05, 4.69) is 5.10 Å². The van der Waals surface area contributed by atoms with Gasteiger partial charge in [-0.25, -0.2) is 8.42 Å². The number of hydrogen-bond acceptors (Lipinski definition) is 4. The highest BCUT2D eigenvalue weighted by molar-refractivity contribution is 7.90. The van der Waals surface area contributed by atoms with E-state index in [4.69, 9.17) is 11.6 Å². The average molecular weight is 475 g/mol. The van der Waals surface area contributed by atoms with Gasteiger partial charge < -0.3 is 5.11 Å². The molecule has 0 aliphatic rings. The molecule has 170 valence electrons. The molecule has 0 amide bonds. The van der Waals surface area contributed by atoms with E-state index in [9.17, 15) is 18.3 Å². The smallest absolute Gasteiger partial charge is 0.307 e. The van der Waals surface area contributed by atoms with E-state index in [-0.39, 0.29) is 17.1 Å². The molecule has 0 spiro atoms. The molecule has 0 saturated carbocycles. The summed E-state index contributed by atoms with van der Waals surface area (Å²) in [5, 5.41) is 14.4. The molecular weight excluding hydrogens is 448 g/mol. The lowest BCUT2D eigenvalue weighted by Crippen LogP contribution is -2.09. The van der Waals surface area contributed by atoms with Crippen molar-refractivity contribution in [3.05, 3.63) is 81.1 Å². The van der Waals surface area contributed by atoms with Crippen molar-refractivity contribution in [1.29, 1.82) is 0 Å². The Morgan fingerprint density at radius 3 is 2.28 bits per heavy atom. The fourth-order valence-electron chi connectivity index (χ4n) is 3.76. The molecule has 1 heterocycles. The Kier molecular flexibility index (Phi) is 7.41. The first-order valence-electron chi connectivity index (χ1n) is 10.5. The van der Waals surface area contributed by atoms with Gasteiger partial charge in [0.2, 0.25) is 0 Å². The quantitative estimate of drug-likeness (QED) is 0.488. The number of hydrogen-bond donors (Lipinski definition) is 1. The normalized spacial score (nSPS) is 11.6. The van der Waals surface area contributed by atoms with Crippen molar-refractivity contribution in [2.75, 3.05) is 0 Å². The second kappa shape index (κ2) is 9.88. The number of rotatable bonds is 9. The Bertz CT molecular complexity index is 1230. The molecular formula is C24H27ClN2O4S. The maximum absolute atomic E-state index is 12.8. The summed E-state index contributed by atoms with van der Waals surface area (Å²) in [6, 6.07) is 12.0. The van der Waals surface area contributed by atoms with Gasteiger partial charge in [-0.05, 0) is 54.7 Å². The van der Waals surface area contributed by atoms with Crippen molar-refractivity contribution in [1.82, 2.24) is 9.78 Å². The van der Waals surface area contributed by atoms with Gasteiger partial charge in [-0.2, -0.15) is 5.10 Å². The lowest BCUT2D eigenvalue weighted by Gasteiger charge is -2.10. The molecule has 1 aromatic heterocycles. The number of nitrogens with zero attached hydrogens (tertiary/aromatic N) is 2. The van der Waals surface area contributed by atoms with Crippen LogP contribution in [0.2, 0.25) is 5.02 Å². The zero-order valence-corrected chi connectivity index (χ0v) is 20.0. The Balaban J connectivity index is 1.82. The van der Waals surface area contributed by atoms with Crippen molar-refractivity contribution >= 4 is 27.4 Å². The maximum atomic E-state index is 12.8. The molecule has 0 fully saturated rings. The molecule has 3 aromatic rings. The van der Waals surface area contributed by atoms with Gasteiger partial charge in [-0.15, -0.1) is 0 Å². The molecule has 0 atom stereocenters. The van der Waals surface area contributed by atoms with Crippen LogP contribution in [0.3, 0.4) is 0 Å². The fraction of sp³-hybridized carbons (Fsp3) is 0.333. The van der Waals surface area contributed by atoms with Crippen LogP contribution in [0.4, 0.5) is 0 Å². The number of benzene rings is 2. The molecule has 6 nitrogen and oxygen atoms in total. The first kappa shape index (κ1) is 24.0. The van der Waals surface area contributed by atoms with Gasteiger partial charge in [0.25, 0.3) is 0 Å². The zero-order valence-electron chi connectivity index (χ0n) is 18.4. The van der Waals surface area contributed by atoms with Gasteiger partial charge in [0.1, 0.15) is 0 Å². The Hall–Kier alpha value is -2.64.